The van der Waals surface area contributed by atoms with Gasteiger partial charge in [0.15, 0.2) is 11.5 Å². The van der Waals surface area contributed by atoms with E-state index >= 15 is 0 Å². The van der Waals surface area contributed by atoms with E-state index < -0.39 is 0 Å². The van der Waals surface area contributed by atoms with E-state index in [1.165, 1.54) is 5.56 Å². The van der Waals surface area contributed by atoms with Gasteiger partial charge in [-0.05, 0) is 67.6 Å². The van der Waals surface area contributed by atoms with Crippen LogP contribution in [0.25, 0.3) is 11.0 Å². The third-order valence-electron chi connectivity index (χ3n) is 6.41. The Kier molecular flexibility index (Phi) is 4.99. The summed E-state index contributed by atoms with van der Waals surface area (Å²) in [6.07, 6.45) is 3.13. The molecule has 1 fully saturated rings. The lowest BCUT2D eigenvalue weighted by molar-refractivity contribution is 0.248. The van der Waals surface area contributed by atoms with Crippen molar-refractivity contribution in [3.63, 3.8) is 0 Å². The first-order chi connectivity index (χ1) is 14.6. The first-order valence-electron chi connectivity index (χ1n) is 10.8. The molecule has 5 rings (SSSR count). The van der Waals surface area contributed by atoms with Crippen molar-refractivity contribution >= 4 is 11.0 Å². The van der Waals surface area contributed by atoms with Gasteiger partial charge in [-0.1, -0.05) is 18.2 Å². The summed E-state index contributed by atoms with van der Waals surface area (Å²) in [5, 5.41) is 1.03. The van der Waals surface area contributed by atoms with Gasteiger partial charge >= 0.3 is 5.63 Å². The molecule has 0 N–H and O–H groups in total. The molecule has 2 aliphatic rings. The van der Waals surface area contributed by atoms with Crippen molar-refractivity contribution in [1.29, 1.82) is 0 Å². The average Bonchev–Trinajstić information content (AvgIpc) is 3.06. The SMILES string of the molecule is Cc1ccc2c(CN3CCCC3c3ccc4c(c3)OCCCO4)cc(=O)oc2c1C. The zero-order chi connectivity index (χ0) is 20.7. The van der Waals surface area contributed by atoms with Crippen LogP contribution in [-0.4, -0.2) is 24.7 Å². The molecule has 1 saturated heterocycles. The Labute approximate surface area is 176 Å². The van der Waals surface area contributed by atoms with E-state index in [2.05, 4.69) is 29.2 Å². The minimum atomic E-state index is -0.280. The molecule has 0 radical (unpaired) electrons. The molecule has 0 aliphatic carbocycles. The highest BCUT2D eigenvalue weighted by Gasteiger charge is 2.28. The maximum Gasteiger partial charge on any atom is 0.336 e. The third-order valence-corrected chi connectivity index (χ3v) is 6.41. The van der Waals surface area contributed by atoms with E-state index in [1.807, 2.05) is 19.9 Å². The normalized spacial score (nSPS) is 19.2. The van der Waals surface area contributed by atoms with Crippen molar-refractivity contribution in [2.75, 3.05) is 19.8 Å². The Hall–Kier alpha value is -2.79. The first kappa shape index (κ1) is 19.2. The number of ether oxygens (including phenoxy) is 2. The summed E-state index contributed by atoms with van der Waals surface area (Å²) in [6, 6.07) is 12.5. The number of hydrogen-bond acceptors (Lipinski definition) is 5. The largest absolute Gasteiger partial charge is 0.490 e. The highest BCUT2D eigenvalue weighted by molar-refractivity contribution is 5.83. The van der Waals surface area contributed by atoms with Gasteiger partial charge in [0, 0.05) is 30.5 Å². The molecule has 1 aromatic heterocycles. The Morgan fingerprint density at radius 1 is 1.00 bits per heavy atom. The Balaban J connectivity index is 1.48. The highest BCUT2D eigenvalue weighted by atomic mass is 16.5. The summed E-state index contributed by atoms with van der Waals surface area (Å²) in [7, 11) is 0. The highest BCUT2D eigenvalue weighted by Crippen LogP contribution is 2.39. The van der Waals surface area contributed by atoms with Crippen LogP contribution in [-0.2, 0) is 6.54 Å². The minimum Gasteiger partial charge on any atom is -0.490 e. The van der Waals surface area contributed by atoms with Gasteiger partial charge in [-0.3, -0.25) is 4.90 Å². The molecule has 0 amide bonds. The molecule has 5 heteroatoms. The van der Waals surface area contributed by atoms with Crippen molar-refractivity contribution in [1.82, 2.24) is 4.90 Å². The third kappa shape index (κ3) is 3.47. The van der Waals surface area contributed by atoms with E-state index in [-0.39, 0.29) is 5.63 Å². The quantitative estimate of drug-likeness (QED) is 0.580. The van der Waals surface area contributed by atoms with Gasteiger partial charge in [-0.25, -0.2) is 4.79 Å². The number of aryl methyl sites for hydroxylation is 2. The van der Waals surface area contributed by atoms with E-state index in [0.29, 0.717) is 24.8 Å². The van der Waals surface area contributed by atoms with E-state index in [0.717, 1.165) is 65.9 Å². The molecule has 5 nitrogen and oxygen atoms in total. The van der Waals surface area contributed by atoms with Crippen molar-refractivity contribution in [2.24, 2.45) is 0 Å². The van der Waals surface area contributed by atoms with Gasteiger partial charge in [-0.15, -0.1) is 0 Å². The van der Waals surface area contributed by atoms with Crippen molar-refractivity contribution in [2.45, 2.75) is 45.7 Å². The van der Waals surface area contributed by atoms with Gasteiger partial charge in [0.1, 0.15) is 5.58 Å². The fourth-order valence-electron chi connectivity index (χ4n) is 4.65. The summed E-state index contributed by atoms with van der Waals surface area (Å²) >= 11 is 0. The molecule has 1 unspecified atom stereocenters. The van der Waals surface area contributed by atoms with Crippen LogP contribution in [0.5, 0.6) is 11.5 Å². The standard InChI is InChI=1S/C25H27NO4/c1-16-6-8-20-19(14-24(27)30-25(20)17(16)2)15-26-10-3-5-21(26)18-7-9-22-23(13-18)29-12-4-11-28-22/h6-9,13-14,21H,3-5,10-12,15H2,1-2H3. The van der Waals surface area contributed by atoms with Gasteiger partial charge in [-0.2, -0.15) is 0 Å². The molecular weight excluding hydrogens is 378 g/mol. The maximum atomic E-state index is 12.3. The molecule has 0 saturated carbocycles. The van der Waals surface area contributed by atoms with Crippen LogP contribution >= 0.6 is 0 Å². The fourth-order valence-corrected chi connectivity index (χ4v) is 4.65. The molecule has 2 aliphatic heterocycles. The molecule has 3 aromatic rings. The van der Waals surface area contributed by atoms with E-state index in [1.54, 1.807) is 6.07 Å². The number of likely N-dealkylation sites (tertiary alicyclic amines) is 1. The van der Waals surface area contributed by atoms with Crippen LogP contribution in [0.15, 0.2) is 45.6 Å². The predicted molar refractivity (Wildman–Crippen MR) is 116 cm³/mol. The predicted octanol–water partition coefficient (Wildman–Crippen LogP) is 4.91. The second-order valence-electron chi connectivity index (χ2n) is 8.36. The molecule has 0 spiro atoms. The zero-order valence-corrected chi connectivity index (χ0v) is 17.6. The summed E-state index contributed by atoms with van der Waals surface area (Å²) in [6.45, 7) is 7.18. The summed E-state index contributed by atoms with van der Waals surface area (Å²) in [5.74, 6) is 1.67. The summed E-state index contributed by atoms with van der Waals surface area (Å²) in [4.78, 5) is 14.7. The van der Waals surface area contributed by atoms with Gasteiger partial charge in [0.25, 0.3) is 0 Å². The zero-order valence-electron chi connectivity index (χ0n) is 17.6. The summed E-state index contributed by atoms with van der Waals surface area (Å²) < 4.78 is 17.2. The van der Waals surface area contributed by atoms with Crippen molar-refractivity contribution < 1.29 is 13.9 Å². The Morgan fingerprint density at radius 3 is 2.70 bits per heavy atom. The minimum absolute atomic E-state index is 0.280. The van der Waals surface area contributed by atoms with Gasteiger partial charge < -0.3 is 13.9 Å². The van der Waals surface area contributed by atoms with Gasteiger partial charge in [0.2, 0.25) is 0 Å². The maximum absolute atomic E-state index is 12.3. The van der Waals surface area contributed by atoms with E-state index in [9.17, 15) is 4.79 Å². The lowest BCUT2D eigenvalue weighted by atomic mass is 10.0. The number of benzene rings is 2. The molecule has 156 valence electrons. The molecule has 3 heterocycles. The smallest absolute Gasteiger partial charge is 0.336 e. The number of hydrogen-bond donors (Lipinski definition) is 0. The first-order valence-corrected chi connectivity index (χ1v) is 10.8. The van der Waals surface area contributed by atoms with Crippen LogP contribution < -0.4 is 15.1 Å². The monoisotopic (exact) mass is 405 g/mol. The van der Waals surface area contributed by atoms with Crippen LogP contribution in [0.4, 0.5) is 0 Å². The van der Waals surface area contributed by atoms with Crippen LogP contribution in [0.1, 0.15) is 47.6 Å². The fraction of sp³-hybridized carbons (Fsp3) is 0.400. The second-order valence-corrected chi connectivity index (χ2v) is 8.36. The van der Waals surface area contributed by atoms with Crippen molar-refractivity contribution in [3.8, 4) is 11.5 Å². The van der Waals surface area contributed by atoms with E-state index in [4.69, 9.17) is 13.9 Å². The second kappa shape index (κ2) is 7.80. The molecular formula is C25H27NO4. The molecule has 1 atom stereocenters. The number of rotatable bonds is 3. The number of fused-ring (bicyclic) bond motifs is 2. The summed E-state index contributed by atoms with van der Waals surface area (Å²) in [5.41, 5.74) is 4.88. The molecule has 30 heavy (non-hydrogen) atoms. The number of nitrogens with zero attached hydrogens (tertiary/aromatic N) is 1. The van der Waals surface area contributed by atoms with Crippen LogP contribution in [0.3, 0.4) is 0 Å². The Morgan fingerprint density at radius 2 is 1.83 bits per heavy atom. The van der Waals surface area contributed by atoms with Crippen molar-refractivity contribution in [3.05, 3.63) is 69.1 Å². The topological polar surface area (TPSA) is 51.9 Å². The average molecular weight is 405 g/mol. The van der Waals surface area contributed by atoms with Crippen LogP contribution in [0.2, 0.25) is 0 Å². The molecule has 0 bridgehead atoms. The Bertz CT molecular complexity index is 1150. The lowest BCUT2D eigenvalue weighted by Crippen LogP contribution is -2.23. The molecule has 2 aromatic carbocycles. The van der Waals surface area contributed by atoms with Gasteiger partial charge in [0.05, 0.1) is 13.2 Å². The lowest BCUT2D eigenvalue weighted by Gasteiger charge is -2.26. The van der Waals surface area contributed by atoms with Crippen LogP contribution in [0, 0.1) is 13.8 Å².